The summed E-state index contributed by atoms with van der Waals surface area (Å²) in [5, 5.41) is 3.32. The summed E-state index contributed by atoms with van der Waals surface area (Å²) in [6.45, 7) is 7.40. The van der Waals surface area contributed by atoms with Crippen molar-refractivity contribution in [2.24, 2.45) is 0 Å². The van der Waals surface area contributed by atoms with Gasteiger partial charge in [-0.25, -0.2) is 4.39 Å². The summed E-state index contributed by atoms with van der Waals surface area (Å²) in [6, 6.07) is 9.01. The molecule has 0 radical (unpaired) electrons. The summed E-state index contributed by atoms with van der Waals surface area (Å²) in [7, 11) is 0. The number of rotatable bonds is 3. The van der Waals surface area contributed by atoms with E-state index in [9.17, 15) is 4.39 Å². The first-order valence-electron chi connectivity index (χ1n) is 6.14. The molecule has 1 heterocycles. The van der Waals surface area contributed by atoms with Crippen LogP contribution in [0.1, 0.15) is 30.5 Å². The molecule has 1 N–H and O–H groups in total. The molecule has 2 rings (SSSR count). The van der Waals surface area contributed by atoms with Gasteiger partial charge in [-0.3, -0.25) is 0 Å². The molecular formula is C15H17BrFNS. The number of hydrogen-bond acceptors (Lipinski definition) is 2. The Balaban J connectivity index is 2.04. The number of anilines is 1. The fraction of sp³-hybridized carbons (Fsp3) is 0.333. The molecule has 0 saturated heterocycles. The Morgan fingerprint density at radius 1 is 1.21 bits per heavy atom. The van der Waals surface area contributed by atoms with E-state index in [2.05, 4.69) is 54.2 Å². The second-order valence-corrected chi connectivity index (χ2v) is 7.52. The topological polar surface area (TPSA) is 12.0 Å². The Morgan fingerprint density at radius 2 is 1.95 bits per heavy atom. The Bertz CT molecular complexity index is 572. The van der Waals surface area contributed by atoms with Crippen LogP contribution >= 0.6 is 27.3 Å². The monoisotopic (exact) mass is 341 g/mol. The molecule has 102 valence electrons. The molecule has 0 atom stereocenters. The number of nitrogens with one attached hydrogen (secondary N) is 1. The summed E-state index contributed by atoms with van der Waals surface area (Å²) in [4.78, 5) is 2.66. The molecule has 0 aliphatic rings. The van der Waals surface area contributed by atoms with Crippen LogP contribution < -0.4 is 5.32 Å². The van der Waals surface area contributed by atoms with Gasteiger partial charge in [-0.15, -0.1) is 11.3 Å². The van der Waals surface area contributed by atoms with Crippen molar-refractivity contribution in [2.45, 2.75) is 32.7 Å². The van der Waals surface area contributed by atoms with Gasteiger partial charge >= 0.3 is 0 Å². The zero-order chi connectivity index (χ0) is 14.0. The third-order valence-corrected chi connectivity index (χ3v) is 4.95. The lowest BCUT2D eigenvalue weighted by atomic mass is 9.95. The molecule has 1 nitrogen and oxygen atoms in total. The maximum absolute atomic E-state index is 13.0. The normalized spacial score (nSPS) is 11.6. The predicted octanol–water partition coefficient (Wildman–Crippen LogP) is 5.56. The summed E-state index contributed by atoms with van der Waals surface area (Å²) in [5.41, 5.74) is 1.10. The molecule has 2 aromatic rings. The van der Waals surface area contributed by atoms with Crippen LogP contribution in [0.3, 0.4) is 0 Å². The smallest absolute Gasteiger partial charge is 0.124 e. The quantitative estimate of drug-likeness (QED) is 0.770. The second-order valence-electron chi connectivity index (χ2n) is 5.49. The van der Waals surface area contributed by atoms with Crippen molar-refractivity contribution in [3.8, 4) is 0 Å². The molecule has 0 aliphatic heterocycles. The number of halogens is 2. The lowest BCUT2D eigenvalue weighted by molar-refractivity contribution is 0.604. The van der Waals surface area contributed by atoms with Crippen LogP contribution in [0.2, 0.25) is 0 Å². The SMILES string of the molecule is CC(C)(C)c1ccc(CNc2ccc(F)cc2Br)s1. The van der Waals surface area contributed by atoms with Crippen molar-refractivity contribution in [3.05, 3.63) is 50.4 Å². The lowest BCUT2D eigenvalue weighted by Gasteiger charge is -2.15. The number of hydrogen-bond donors (Lipinski definition) is 1. The highest BCUT2D eigenvalue weighted by molar-refractivity contribution is 9.10. The molecule has 0 unspecified atom stereocenters. The first kappa shape index (κ1) is 14.5. The first-order valence-corrected chi connectivity index (χ1v) is 7.75. The van der Waals surface area contributed by atoms with Crippen molar-refractivity contribution in [2.75, 3.05) is 5.32 Å². The maximum atomic E-state index is 13.0. The molecule has 0 spiro atoms. The number of thiophene rings is 1. The van der Waals surface area contributed by atoms with Gasteiger partial charge in [0.05, 0.1) is 0 Å². The average molecular weight is 342 g/mol. The van der Waals surface area contributed by atoms with Gasteiger partial charge in [0.2, 0.25) is 0 Å². The maximum Gasteiger partial charge on any atom is 0.124 e. The van der Waals surface area contributed by atoms with Gasteiger partial charge in [0.15, 0.2) is 0 Å². The molecule has 4 heteroatoms. The third kappa shape index (κ3) is 3.80. The number of benzene rings is 1. The van der Waals surface area contributed by atoms with Crippen LogP contribution in [-0.2, 0) is 12.0 Å². The highest BCUT2D eigenvalue weighted by atomic mass is 79.9. The van der Waals surface area contributed by atoms with Crippen molar-refractivity contribution < 1.29 is 4.39 Å². The Kier molecular flexibility index (Phi) is 4.31. The molecule has 0 saturated carbocycles. The molecule has 19 heavy (non-hydrogen) atoms. The van der Waals surface area contributed by atoms with Gasteiger partial charge in [-0.05, 0) is 51.7 Å². The van der Waals surface area contributed by atoms with E-state index in [1.807, 2.05) is 11.3 Å². The minimum absolute atomic E-state index is 0.194. The lowest BCUT2D eigenvalue weighted by Crippen LogP contribution is -2.07. The molecular weight excluding hydrogens is 325 g/mol. The van der Waals surface area contributed by atoms with E-state index in [4.69, 9.17) is 0 Å². The van der Waals surface area contributed by atoms with Crippen LogP contribution in [0.4, 0.5) is 10.1 Å². The van der Waals surface area contributed by atoms with E-state index in [1.54, 1.807) is 6.07 Å². The van der Waals surface area contributed by atoms with Crippen LogP contribution in [0.25, 0.3) is 0 Å². The van der Waals surface area contributed by atoms with Crippen molar-refractivity contribution in [1.82, 2.24) is 0 Å². The Labute approximate surface area is 126 Å². The van der Waals surface area contributed by atoms with E-state index < -0.39 is 0 Å². The van der Waals surface area contributed by atoms with E-state index in [0.29, 0.717) is 0 Å². The van der Waals surface area contributed by atoms with E-state index in [1.165, 1.54) is 21.9 Å². The standard InChI is InChI=1S/C15H17BrFNS/c1-15(2,3)14-7-5-11(19-14)9-18-13-6-4-10(17)8-12(13)16/h4-8,18H,9H2,1-3H3. The highest BCUT2D eigenvalue weighted by Crippen LogP contribution is 2.30. The molecule has 0 aliphatic carbocycles. The molecule has 1 aromatic carbocycles. The fourth-order valence-corrected chi connectivity index (χ4v) is 3.19. The summed E-state index contributed by atoms with van der Waals surface area (Å²) in [6.07, 6.45) is 0. The molecule has 1 aromatic heterocycles. The van der Waals surface area contributed by atoms with Crippen LogP contribution in [0, 0.1) is 5.82 Å². The van der Waals surface area contributed by atoms with Gasteiger partial charge in [0.1, 0.15) is 5.82 Å². The molecule has 0 amide bonds. The van der Waals surface area contributed by atoms with Crippen molar-refractivity contribution >= 4 is 33.0 Å². The van der Waals surface area contributed by atoms with Crippen LogP contribution in [0.5, 0.6) is 0 Å². The average Bonchev–Trinajstić information content (AvgIpc) is 2.76. The van der Waals surface area contributed by atoms with Crippen LogP contribution in [0.15, 0.2) is 34.8 Å². The summed E-state index contributed by atoms with van der Waals surface area (Å²) >= 11 is 5.17. The van der Waals surface area contributed by atoms with Gasteiger partial charge in [-0.1, -0.05) is 20.8 Å². The zero-order valence-electron chi connectivity index (χ0n) is 11.3. The highest BCUT2D eigenvalue weighted by Gasteiger charge is 2.15. The van der Waals surface area contributed by atoms with Gasteiger partial charge in [0, 0.05) is 26.5 Å². The van der Waals surface area contributed by atoms with Crippen molar-refractivity contribution in [3.63, 3.8) is 0 Å². The van der Waals surface area contributed by atoms with E-state index in [0.717, 1.165) is 16.7 Å². The Morgan fingerprint density at radius 3 is 2.53 bits per heavy atom. The molecule has 0 fully saturated rings. The Hall–Kier alpha value is -0.870. The molecule has 0 bridgehead atoms. The minimum atomic E-state index is -0.233. The van der Waals surface area contributed by atoms with Crippen molar-refractivity contribution in [1.29, 1.82) is 0 Å². The fourth-order valence-electron chi connectivity index (χ4n) is 1.69. The first-order chi connectivity index (χ1) is 8.86. The second kappa shape index (κ2) is 5.63. The van der Waals surface area contributed by atoms with Gasteiger partial charge in [0.25, 0.3) is 0 Å². The summed E-state index contributed by atoms with van der Waals surface area (Å²) < 4.78 is 13.7. The predicted molar refractivity (Wildman–Crippen MR) is 84.4 cm³/mol. The minimum Gasteiger partial charge on any atom is -0.379 e. The zero-order valence-corrected chi connectivity index (χ0v) is 13.7. The van der Waals surface area contributed by atoms with Gasteiger partial charge < -0.3 is 5.32 Å². The largest absolute Gasteiger partial charge is 0.379 e. The van der Waals surface area contributed by atoms with E-state index >= 15 is 0 Å². The van der Waals surface area contributed by atoms with Gasteiger partial charge in [-0.2, -0.15) is 0 Å². The summed E-state index contributed by atoms with van der Waals surface area (Å²) in [5.74, 6) is -0.233. The third-order valence-electron chi connectivity index (χ3n) is 2.79. The van der Waals surface area contributed by atoms with Crippen LogP contribution in [-0.4, -0.2) is 0 Å². The van der Waals surface area contributed by atoms with E-state index in [-0.39, 0.29) is 11.2 Å².